The molecule has 0 spiro atoms. The van der Waals surface area contributed by atoms with E-state index in [-0.39, 0.29) is 17.7 Å². The molecule has 1 aliphatic heterocycles. The number of amides is 2. The van der Waals surface area contributed by atoms with Crippen LogP contribution in [0.5, 0.6) is 0 Å². The SMILES string of the molecule is Cc1ccc(CN(C)C(=O)[C@H]2CC(=O)N(Cc3cccnc3)C2)s1. The van der Waals surface area contributed by atoms with Gasteiger partial charge >= 0.3 is 0 Å². The van der Waals surface area contributed by atoms with Crippen molar-refractivity contribution >= 4 is 23.2 Å². The summed E-state index contributed by atoms with van der Waals surface area (Å²) in [7, 11) is 1.81. The normalized spacial score (nSPS) is 17.3. The van der Waals surface area contributed by atoms with Crippen molar-refractivity contribution in [3.05, 3.63) is 52.0 Å². The largest absolute Gasteiger partial charge is 0.340 e. The van der Waals surface area contributed by atoms with E-state index in [1.54, 1.807) is 33.5 Å². The van der Waals surface area contributed by atoms with Gasteiger partial charge in [-0.3, -0.25) is 14.6 Å². The fourth-order valence-electron chi connectivity index (χ4n) is 3.00. The molecule has 0 radical (unpaired) electrons. The maximum Gasteiger partial charge on any atom is 0.228 e. The number of aryl methyl sites for hydroxylation is 1. The van der Waals surface area contributed by atoms with Crippen LogP contribution in [-0.2, 0) is 22.7 Å². The molecule has 126 valence electrons. The van der Waals surface area contributed by atoms with Gasteiger partial charge in [0.2, 0.25) is 11.8 Å². The van der Waals surface area contributed by atoms with Crippen molar-refractivity contribution in [3.8, 4) is 0 Å². The second kappa shape index (κ2) is 7.13. The van der Waals surface area contributed by atoms with Crippen molar-refractivity contribution in [1.82, 2.24) is 14.8 Å². The highest BCUT2D eigenvalue weighted by Crippen LogP contribution is 2.23. The molecule has 1 fully saturated rings. The van der Waals surface area contributed by atoms with E-state index < -0.39 is 0 Å². The summed E-state index contributed by atoms with van der Waals surface area (Å²) in [6, 6.07) is 7.92. The van der Waals surface area contributed by atoms with Gasteiger partial charge in [0.15, 0.2) is 0 Å². The highest BCUT2D eigenvalue weighted by Gasteiger charge is 2.35. The number of nitrogens with zero attached hydrogens (tertiary/aromatic N) is 3. The summed E-state index contributed by atoms with van der Waals surface area (Å²) < 4.78 is 0. The summed E-state index contributed by atoms with van der Waals surface area (Å²) in [5, 5.41) is 0. The second-order valence-corrected chi connectivity index (χ2v) is 7.62. The summed E-state index contributed by atoms with van der Waals surface area (Å²) in [6.07, 6.45) is 3.77. The molecule has 0 saturated carbocycles. The molecule has 3 heterocycles. The average molecular weight is 343 g/mol. The highest BCUT2D eigenvalue weighted by molar-refractivity contribution is 7.11. The van der Waals surface area contributed by atoms with Gasteiger partial charge < -0.3 is 9.80 Å². The zero-order chi connectivity index (χ0) is 17.1. The smallest absolute Gasteiger partial charge is 0.228 e. The van der Waals surface area contributed by atoms with Crippen molar-refractivity contribution in [2.24, 2.45) is 5.92 Å². The number of hydrogen-bond acceptors (Lipinski definition) is 4. The Morgan fingerprint density at radius 3 is 2.92 bits per heavy atom. The first-order valence-corrected chi connectivity index (χ1v) is 8.81. The third-order valence-corrected chi connectivity index (χ3v) is 5.21. The third-order valence-electron chi connectivity index (χ3n) is 4.23. The van der Waals surface area contributed by atoms with Gasteiger partial charge in [-0.05, 0) is 30.7 Å². The van der Waals surface area contributed by atoms with Crippen LogP contribution in [-0.4, -0.2) is 40.2 Å². The number of carbonyl (C=O) groups is 2. The lowest BCUT2D eigenvalue weighted by atomic mass is 10.1. The molecule has 1 aliphatic rings. The lowest BCUT2D eigenvalue weighted by Gasteiger charge is -2.21. The molecule has 1 atom stereocenters. The van der Waals surface area contributed by atoms with Gasteiger partial charge in [0, 0.05) is 48.7 Å². The van der Waals surface area contributed by atoms with Crippen LogP contribution in [0.3, 0.4) is 0 Å². The first-order chi connectivity index (χ1) is 11.5. The van der Waals surface area contributed by atoms with Crippen molar-refractivity contribution in [2.75, 3.05) is 13.6 Å². The van der Waals surface area contributed by atoms with Crippen molar-refractivity contribution < 1.29 is 9.59 Å². The molecule has 5 nitrogen and oxygen atoms in total. The van der Waals surface area contributed by atoms with Crippen LogP contribution in [0.4, 0.5) is 0 Å². The fraction of sp³-hybridized carbons (Fsp3) is 0.389. The Labute approximate surface area is 145 Å². The van der Waals surface area contributed by atoms with E-state index in [1.807, 2.05) is 19.2 Å². The van der Waals surface area contributed by atoms with Crippen LogP contribution < -0.4 is 0 Å². The molecule has 0 aromatic carbocycles. The molecule has 0 N–H and O–H groups in total. The Kier molecular flexibility index (Phi) is 4.94. The number of carbonyl (C=O) groups excluding carboxylic acids is 2. The quantitative estimate of drug-likeness (QED) is 0.838. The topological polar surface area (TPSA) is 53.5 Å². The number of hydrogen-bond donors (Lipinski definition) is 0. The Morgan fingerprint density at radius 2 is 2.25 bits per heavy atom. The van der Waals surface area contributed by atoms with E-state index in [9.17, 15) is 9.59 Å². The standard InChI is InChI=1S/C18H21N3O2S/c1-13-5-6-16(24-13)12-20(2)18(23)15-8-17(22)21(11-15)10-14-4-3-7-19-9-14/h3-7,9,15H,8,10-12H2,1-2H3/t15-/m0/s1. The molecule has 0 bridgehead atoms. The van der Waals surface area contributed by atoms with Gasteiger partial charge in [-0.2, -0.15) is 0 Å². The lowest BCUT2D eigenvalue weighted by molar-refractivity contribution is -0.135. The molecule has 2 aromatic heterocycles. The predicted molar refractivity (Wildman–Crippen MR) is 93.3 cm³/mol. The lowest BCUT2D eigenvalue weighted by Crippen LogP contribution is -2.34. The van der Waals surface area contributed by atoms with Crippen molar-refractivity contribution in [2.45, 2.75) is 26.4 Å². The van der Waals surface area contributed by atoms with Crippen molar-refractivity contribution in [1.29, 1.82) is 0 Å². The predicted octanol–water partition coefficient (Wildman–Crippen LogP) is 2.46. The fourth-order valence-corrected chi connectivity index (χ4v) is 3.94. The summed E-state index contributed by atoms with van der Waals surface area (Å²) >= 11 is 1.70. The van der Waals surface area contributed by atoms with Gasteiger partial charge in [-0.1, -0.05) is 6.07 Å². The molecule has 2 aromatic rings. The van der Waals surface area contributed by atoms with Gasteiger partial charge in [-0.25, -0.2) is 0 Å². The Hall–Kier alpha value is -2.21. The van der Waals surface area contributed by atoms with Crippen LogP contribution in [0.2, 0.25) is 0 Å². The molecule has 1 saturated heterocycles. The number of thiophene rings is 1. The number of rotatable bonds is 5. The van der Waals surface area contributed by atoms with Gasteiger partial charge in [0.1, 0.15) is 0 Å². The summed E-state index contributed by atoms with van der Waals surface area (Å²) in [6.45, 7) is 3.66. The molecule has 2 amide bonds. The first kappa shape index (κ1) is 16.6. The summed E-state index contributed by atoms with van der Waals surface area (Å²) in [4.78, 5) is 34.8. The molecule has 24 heavy (non-hydrogen) atoms. The number of likely N-dealkylation sites (tertiary alicyclic amines) is 1. The molecule has 3 rings (SSSR count). The molecular weight excluding hydrogens is 322 g/mol. The molecule has 0 aliphatic carbocycles. The number of aromatic nitrogens is 1. The van der Waals surface area contributed by atoms with Crippen LogP contribution in [0.25, 0.3) is 0 Å². The van der Waals surface area contributed by atoms with E-state index in [1.165, 1.54) is 9.75 Å². The van der Waals surface area contributed by atoms with E-state index in [0.29, 0.717) is 26.1 Å². The molecule has 6 heteroatoms. The molecular formula is C18H21N3O2S. The van der Waals surface area contributed by atoms with Crippen LogP contribution in [0.15, 0.2) is 36.7 Å². The Morgan fingerprint density at radius 1 is 1.42 bits per heavy atom. The number of pyridine rings is 1. The van der Waals surface area contributed by atoms with Crippen LogP contribution in [0, 0.1) is 12.8 Å². The Bertz CT molecular complexity index is 729. The summed E-state index contributed by atoms with van der Waals surface area (Å²) in [5.74, 6) is -0.166. The minimum Gasteiger partial charge on any atom is -0.340 e. The Balaban J connectivity index is 1.59. The maximum atomic E-state index is 12.6. The minimum absolute atomic E-state index is 0.0394. The second-order valence-electron chi connectivity index (χ2n) is 6.24. The first-order valence-electron chi connectivity index (χ1n) is 8.00. The van der Waals surface area contributed by atoms with Gasteiger partial charge in [-0.15, -0.1) is 11.3 Å². The summed E-state index contributed by atoms with van der Waals surface area (Å²) in [5.41, 5.74) is 0.987. The highest BCUT2D eigenvalue weighted by atomic mass is 32.1. The van der Waals surface area contributed by atoms with Gasteiger partial charge in [0.05, 0.1) is 12.5 Å². The monoisotopic (exact) mass is 343 g/mol. The maximum absolute atomic E-state index is 12.6. The van der Waals surface area contributed by atoms with E-state index in [2.05, 4.69) is 24.0 Å². The van der Waals surface area contributed by atoms with Crippen LogP contribution >= 0.6 is 11.3 Å². The average Bonchev–Trinajstić information content (AvgIpc) is 3.14. The third kappa shape index (κ3) is 3.82. The van der Waals surface area contributed by atoms with E-state index in [4.69, 9.17) is 0 Å². The van der Waals surface area contributed by atoms with Crippen molar-refractivity contribution in [3.63, 3.8) is 0 Å². The van der Waals surface area contributed by atoms with Crippen LogP contribution in [0.1, 0.15) is 21.7 Å². The van der Waals surface area contributed by atoms with E-state index in [0.717, 1.165) is 5.56 Å². The van der Waals surface area contributed by atoms with E-state index >= 15 is 0 Å². The minimum atomic E-state index is -0.250. The zero-order valence-corrected chi connectivity index (χ0v) is 14.8. The van der Waals surface area contributed by atoms with Gasteiger partial charge in [0.25, 0.3) is 0 Å². The zero-order valence-electron chi connectivity index (χ0n) is 13.9. The molecule has 0 unspecified atom stereocenters.